The van der Waals surface area contributed by atoms with E-state index in [0.29, 0.717) is 12.2 Å². The van der Waals surface area contributed by atoms with Gasteiger partial charge < -0.3 is 9.84 Å². The second-order valence-corrected chi connectivity index (χ2v) is 6.78. The van der Waals surface area contributed by atoms with Crippen LogP contribution in [0.4, 0.5) is 0 Å². The van der Waals surface area contributed by atoms with Crippen LogP contribution < -0.4 is 4.74 Å². The predicted molar refractivity (Wildman–Crippen MR) is 74.8 cm³/mol. The number of phenolic OH excluding ortho intramolecular Hbond substituents is 1. The number of phenols is 1. The zero-order chi connectivity index (χ0) is 14.4. The summed E-state index contributed by atoms with van der Waals surface area (Å²) in [6.07, 6.45) is 2.09. The summed E-state index contributed by atoms with van der Waals surface area (Å²) in [6.45, 7) is 10.9. The van der Waals surface area contributed by atoms with Crippen molar-refractivity contribution in [2.24, 2.45) is 0 Å². The van der Waals surface area contributed by atoms with E-state index in [0.717, 1.165) is 29.5 Å². The zero-order valence-electron chi connectivity index (χ0n) is 12.3. The molecule has 0 aliphatic heterocycles. The van der Waals surface area contributed by atoms with Crippen LogP contribution in [0.3, 0.4) is 0 Å². The highest BCUT2D eigenvalue weighted by molar-refractivity contribution is 5.62. The Balaban J connectivity index is 2.77. The van der Waals surface area contributed by atoms with Crippen molar-refractivity contribution in [1.29, 1.82) is 0 Å². The molecule has 0 bridgehead atoms. The maximum Gasteiger partial charge on any atom is 0.298 e. The minimum Gasteiger partial charge on any atom is -0.504 e. The summed E-state index contributed by atoms with van der Waals surface area (Å²) in [7, 11) is 0. The first-order valence-electron chi connectivity index (χ1n) is 6.68. The van der Waals surface area contributed by atoms with Gasteiger partial charge in [-0.1, -0.05) is 33.8 Å². The standard InChI is InChI=1S/C16H22O3/c1-10-8-11-12(13(18)14(10)19-9-17)16(4,5)7-6-15(11,2)3/h8-9,18H,6-7H2,1-5H3. The summed E-state index contributed by atoms with van der Waals surface area (Å²) >= 11 is 0. The molecule has 0 fully saturated rings. The molecule has 0 unspecified atom stereocenters. The van der Waals surface area contributed by atoms with Crippen LogP contribution in [0.15, 0.2) is 6.07 Å². The minimum atomic E-state index is -0.108. The quantitative estimate of drug-likeness (QED) is 0.829. The van der Waals surface area contributed by atoms with Crippen LogP contribution in [0.25, 0.3) is 0 Å². The van der Waals surface area contributed by atoms with Gasteiger partial charge in [-0.05, 0) is 41.7 Å². The second-order valence-electron chi connectivity index (χ2n) is 6.78. The Morgan fingerprint density at radius 1 is 1.21 bits per heavy atom. The molecule has 0 radical (unpaired) electrons. The number of carbonyl (C=O) groups excluding carboxylic acids is 1. The SMILES string of the molecule is Cc1cc2c(c(O)c1OC=O)C(C)(C)CCC2(C)C. The topological polar surface area (TPSA) is 46.5 Å². The molecule has 0 spiro atoms. The maximum atomic E-state index is 10.6. The highest BCUT2D eigenvalue weighted by atomic mass is 16.5. The van der Waals surface area contributed by atoms with E-state index in [9.17, 15) is 9.90 Å². The number of aryl methyl sites for hydroxylation is 1. The molecule has 3 heteroatoms. The number of rotatable bonds is 2. The molecule has 104 valence electrons. The summed E-state index contributed by atoms with van der Waals surface area (Å²) in [5.41, 5.74) is 2.81. The van der Waals surface area contributed by atoms with Crippen LogP contribution in [-0.2, 0) is 15.6 Å². The molecule has 0 amide bonds. The van der Waals surface area contributed by atoms with Crippen molar-refractivity contribution in [3.05, 3.63) is 22.8 Å². The fourth-order valence-corrected chi connectivity index (χ4v) is 3.08. The summed E-state index contributed by atoms with van der Waals surface area (Å²) in [6, 6.07) is 2.05. The fourth-order valence-electron chi connectivity index (χ4n) is 3.08. The Morgan fingerprint density at radius 3 is 2.37 bits per heavy atom. The number of hydrogen-bond donors (Lipinski definition) is 1. The number of carbonyl (C=O) groups is 1. The normalized spacial score (nSPS) is 19.6. The van der Waals surface area contributed by atoms with Gasteiger partial charge in [-0.3, -0.25) is 4.79 Å². The van der Waals surface area contributed by atoms with Crippen LogP contribution in [0.5, 0.6) is 11.5 Å². The summed E-state index contributed by atoms with van der Waals surface area (Å²) in [4.78, 5) is 10.6. The molecule has 1 aromatic carbocycles. The van der Waals surface area contributed by atoms with Gasteiger partial charge in [0.25, 0.3) is 6.47 Å². The van der Waals surface area contributed by atoms with Crippen molar-refractivity contribution in [3.63, 3.8) is 0 Å². The Bertz CT molecular complexity index is 527. The lowest BCUT2D eigenvalue weighted by molar-refractivity contribution is -0.120. The van der Waals surface area contributed by atoms with Gasteiger partial charge in [-0.25, -0.2) is 0 Å². The molecule has 0 saturated carbocycles. The van der Waals surface area contributed by atoms with E-state index in [4.69, 9.17) is 4.74 Å². The molecule has 19 heavy (non-hydrogen) atoms. The fraction of sp³-hybridized carbons (Fsp3) is 0.562. The molecular formula is C16H22O3. The number of benzene rings is 1. The first-order valence-corrected chi connectivity index (χ1v) is 6.68. The Morgan fingerprint density at radius 2 is 1.79 bits per heavy atom. The van der Waals surface area contributed by atoms with E-state index in [-0.39, 0.29) is 16.6 Å². The van der Waals surface area contributed by atoms with Gasteiger partial charge in [0.15, 0.2) is 11.5 Å². The first-order chi connectivity index (χ1) is 8.70. The summed E-state index contributed by atoms with van der Waals surface area (Å²) < 4.78 is 4.96. The van der Waals surface area contributed by atoms with Crippen molar-refractivity contribution in [3.8, 4) is 11.5 Å². The third-order valence-corrected chi connectivity index (χ3v) is 4.39. The van der Waals surface area contributed by atoms with Crippen LogP contribution in [0.2, 0.25) is 0 Å². The molecule has 1 aliphatic rings. The second kappa shape index (κ2) is 4.26. The molecular weight excluding hydrogens is 240 g/mol. The molecule has 0 atom stereocenters. The van der Waals surface area contributed by atoms with Crippen molar-refractivity contribution < 1.29 is 14.6 Å². The zero-order valence-corrected chi connectivity index (χ0v) is 12.3. The number of hydrogen-bond acceptors (Lipinski definition) is 3. The molecule has 1 aliphatic carbocycles. The number of fused-ring (bicyclic) bond motifs is 1. The van der Waals surface area contributed by atoms with E-state index in [1.807, 2.05) is 6.92 Å². The molecule has 3 nitrogen and oxygen atoms in total. The van der Waals surface area contributed by atoms with Crippen molar-refractivity contribution in [2.45, 2.75) is 58.3 Å². The third-order valence-electron chi connectivity index (χ3n) is 4.39. The van der Waals surface area contributed by atoms with Gasteiger partial charge in [0.1, 0.15) is 0 Å². The molecule has 1 aromatic rings. The summed E-state index contributed by atoms with van der Waals surface area (Å²) in [5.74, 6) is 0.416. The molecule has 0 aromatic heterocycles. The van der Waals surface area contributed by atoms with E-state index in [1.54, 1.807) is 0 Å². The molecule has 0 heterocycles. The molecule has 1 N–H and O–H groups in total. The van der Waals surface area contributed by atoms with E-state index < -0.39 is 0 Å². The third kappa shape index (κ3) is 2.11. The van der Waals surface area contributed by atoms with E-state index in [2.05, 4.69) is 33.8 Å². The number of ether oxygens (including phenoxy) is 1. The lowest BCUT2D eigenvalue weighted by Crippen LogP contribution is -2.34. The van der Waals surface area contributed by atoms with Gasteiger partial charge in [0.05, 0.1) is 0 Å². The van der Waals surface area contributed by atoms with Gasteiger partial charge >= 0.3 is 0 Å². The highest BCUT2D eigenvalue weighted by Gasteiger charge is 2.40. The Labute approximate surface area is 114 Å². The van der Waals surface area contributed by atoms with Crippen molar-refractivity contribution in [2.75, 3.05) is 0 Å². The average Bonchev–Trinajstić information content (AvgIpc) is 2.29. The lowest BCUT2D eigenvalue weighted by atomic mass is 9.62. The Hall–Kier alpha value is -1.51. The molecule has 0 saturated heterocycles. The number of aromatic hydroxyl groups is 1. The van der Waals surface area contributed by atoms with Gasteiger partial charge in [-0.15, -0.1) is 0 Å². The Kier molecular flexibility index (Phi) is 3.12. The first kappa shape index (κ1) is 13.9. The predicted octanol–water partition coefficient (Wildman–Crippen LogP) is 3.58. The average molecular weight is 262 g/mol. The molecule has 2 rings (SSSR count). The van der Waals surface area contributed by atoms with Crippen LogP contribution in [0, 0.1) is 6.92 Å². The van der Waals surface area contributed by atoms with Gasteiger partial charge in [0, 0.05) is 5.56 Å². The highest BCUT2D eigenvalue weighted by Crippen LogP contribution is 2.52. The van der Waals surface area contributed by atoms with E-state index in [1.165, 1.54) is 0 Å². The monoisotopic (exact) mass is 262 g/mol. The lowest BCUT2D eigenvalue weighted by Gasteiger charge is -2.42. The maximum absolute atomic E-state index is 10.6. The largest absolute Gasteiger partial charge is 0.504 e. The summed E-state index contributed by atoms with van der Waals surface area (Å²) in [5, 5.41) is 10.5. The van der Waals surface area contributed by atoms with Gasteiger partial charge in [0.2, 0.25) is 0 Å². The van der Waals surface area contributed by atoms with E-state index >= 15 is 0 Å². The van der Waals surface area contributed by atoms with Gasteiger partial charge in [-0.2, -0.15) is 0 Å². The van der Waals surface area contributed by atoms with Crippen molar-refractivity contribution >= 4 is 6.47 Å². The smallest absolute Gasteiger partial charge is 0.298 e. The van der Waals surface area contributed by atoms with Crippen LogP contribution in [-0.4, -0.2) is 11.6 Å². The van der Waals surface area contributed by atoms with Crippen molar-refractivity contribution in [1.82, 2.24) is 0 Å². The minimum absolute atomic E-state index is 0.0345. The van der Waals surface area contributed by atoms with Crippen LogP contribution >= 0.6 is 0 Å². The van der Waals surface area contributed by atoms with Crippen LogP contribution in [0.1, 0.15) is 57.2 Å².